The lowest BCUT2D eigenvalue weighted by Gasteiger charge is -2.01. The van der Waals surface area contributed by atoms with Gasteiger partial charge in [0.1, 0.15) is 12.1 Å². The number of hydrogen-bond acceptors (Lipinski definition) is 3. The third kappa shape index (κ3) is 2.39. The van der Waals surface area contributed by atoms with E-state index in [9.17, 15) is 9.18 Å². The maximum Gasteiger partial charge on any atom is 0.150 e. The molecule has 0 saturated heterocycles. The highest BCUT2D eigenvalue weighted by Gasteiger charge is 2.08. The third-order valence-corrected chi connectivity index (χ3v) is 3.92. The zero-order valence-electron chi connectivity index (χ0n) is 9.97. The summed E-state index contributed by atoms with van der Waals surface area (Å²) < 4.78 is 14.8. The van der Waals surface area contributed by atoms with Crippen molar-refractivity contribution in [1.29, 1.82) is 0 Å². The molecule has 3 aromatic rings. The molecule has 0 amide bonds. The van der Waals surface area contributed by atoms with Gasteiger partial charge in [-0.15, -0.1) is 11.3 Å². The van der Waals surface area contributed by atoms with E-state index in [2.05, 4.69) is 4.98 Å². The number of carbonyl (C=O) groups excluding carboxylic acids is 1. The fraction of sp³-hybridized carbons (Fsp3) is 0.0667. The number of halogens is 1. The van der Waals surface area contributed by atoms with Crippen LogP contribution < -0.4 is 0 Å². The quantitative estimate of drug-likeness (QED) is 0.677. The molecule has 2 aromatic carbocycles. The molecule has 0 spiro atoms. The van der Waals surface area contributed by atoms with Crippen molar-refractivity contribution in [3.8, 4) is 0 Å². The largest absolute Gasteiger partial charge is 0.298 e. The molecule has 0 aliphatic heterocycles. The summed E-state index contributed by atoms with van der Waals surface area (Å²) in [7, 11) is 0. The highest BCUT2D eigenvalue weighted by Crippen LogP contribution is 2.24. The summed E-state index contributed by atoms with van der Waals surface area (Å²) in [5.74, 6) is -0.301. The summed E-state index contributed by atoms with van der Waals surface area (Å²) in [5, 5.41) is 0.850. The first kappa shape index (κ1) is 12.0. The molecule has 94 valence electrons. The van der Waals surface area contributed by atoms with Crippen LogP contribution in [0.15, 0.2) is 42.5 Å². The standard InChI is InChI=1S/C15H10FNOS/c16-12-6-5-10(9-18)7-11(12)8-15-17-13-3-1-2-4-14(13)19-15/h1-7,9H,8H2. The molecule has 19 heavy (non-hydrogen) atoms. The van der Waals surface area contributed by atoms with Crippen LogP contribution in [0.25, 0.3) is 10.2 Å². The van der Waals surface area contributed by atoms with E-state index in [1.54, 1.807) is 17.4 Å². The fourth-order valence-corrected chi connectivity index (χ4v) is 2.95. The number of para-hydroxylation sites is 1. The van der Waals surface area contributed by atoms with Gasteiger partial charge in [-0.1, -0.05) is 12.1 Å². The van der Waals surface area contributed by atoms with E-state index >= 15 is 0 Å². The molecule has 3 rings (SSSR count). The lowest BCUT2D eigenvalue weighted by atomic mass is 10.1. The van der Waals surface area contributed by atoms with Gasteiger partial charge in [0.15, 0.2) is 0 Å². The second kappa shape index (κ2) is 4.90. The Bertz CT molecular complexity index is 718. The predicted molar refractivity (Wildman–Crippen MR) is 74.2 cm³/mol. The Labute approximate surface area is 113 Å². The average Bonchev–Trinajstić information content (AvgIpc) is 2.83. The van der Waals surface area contributed by atoms with Crippen LogP contribution in [0.2, 0.25) is 0 Å². The number of fused-ring (bicyclic) bond motifs is 1. The van der Waals surface area contributed by atoms with Crippen molar-refractivity contribution >= 4 is 27.8 Å². The van der Waals surface area contributed by atoms with Crippen molar-refractivity contribution in [2.75, 3.05) is 0 Å². The normalized spacial score (nSPS) is 10.8. The monoisotopic (exact) mass is 271 g/mol. The average molecular weight is 271 g/mol. The van der Waals surface area contributed by atoms with Crippen LogP contribution in [0.3, 0.4) is 0 Å². The highest BCUT2D eigenvalue weighted by atomic mass is 32.1. The maximum absolute atomic E-state index is 13.7. The molecule has 4 heteroatoms. The van der Waals surface area contributed by atoms with Crippen LogP contribution in [-0.2, 0) is 6.42 Å². The van der Waals surface area contributed by atoms with Crippen LogP contribution in [0.5, 0.6) is 0 Å². The summed E-state index contributed by atoms with van der Waals surface area (Å²) in [6, 6.07) is 12.2. The minimum Gasteiger partial charge on any atom is -0.298 e. The van der Waals surface area contributed by atoms with E-state index in [-0.39, 0.29) is 5.82 Å². The van der Waals surface area contributed by atoms with E-state index in [4.69, 9.17) is 0 Å². The van der Waals surface area contributed by atoms with Crippen molar-refractivity contribution in [3.05, 3.63) is 64.4 Å². The zero-order chi connectivity index (χ0) is 13.2. The first-order valence-electron chi connectivity index (χ1n) is 5.84. The Kier molecular flexibility index (Phi) is 3.09. The minimum atomic E-state index is -0.301. The lowest BCUT2D eigenvalue weighted by molar-refractivity contribution is 0.112. The van der Waals surface area contributed by atoms with Crippen LogP contribution in [0.1, 0.15) is 20.9 Å². The Morgan fingerprint density at radius 3 is 2.84 bits per heavy atom. The molecule has 2 nitrogen and oxygen atoms in total. The molecule has 1 heterocycles. The lowest BCUT2D eigenvalue weighted by Crippen LogP contribution is -1.94. The Morgan fingerprint density at radius 2 is 2.05 bits per heavy atom. The molecule has 0 saturated carbocycles. The SMILES string of the molecule is O=Cc1ccc(F)c(Cc2nc3ccccc3s2)c1. The zero-order valence-corrected chi connectivity index (χ0v) is 10.8. The fourth-order valence-electron chi connectivity index (χ4n) is 1.96. The van der Waals surface area contributed by atoms with E-state index < -0.39 is 0 Å². The number of carbonyl (C=O) groups is 1. The van der Waals surface area contributed by atoms with Crippen molar-refractivity contribution in [2.24, 2.45) is 0 Å². The number of benzene rings is 2. The van der Waals surface area contributed by atoms with E-state index in [1.165, 1.54) is 12.1 Å². The van der Waals surface area contributed by atoms with Gasteiger partial charge in [0.05, 0.1) is 15.2 Å². The van der Waals surface area contributed by atoms with Gasteiger partial charge >= 0.3 is 0 Å². The van der Waals surface area contributed by atoms with Crippen LogP contribution in [-0.4, -0.2) is 11.3 Å². The van der Waals surface area contributed by atoms with E-state index in [0.717, 1.165) is 21.5 Å². The summed E-state index contributed by atoms with van der Waals surface area (Å²) >= 11 is 1.55. The Hall–Kier alpha value is -2.07. The van der Waals surface area contributed by atoms with Gasteiger partial charge in [-0.05, 0) is 35.9 Å². The number of thiazole rings is 1. The van der Waals surface area contributed by atoms with Gasteiger partial charge in [0.2, 0.25) is 0 Å². The van der Waals surface area contributed by atoms with Crippen molar-refractivity contribution < 1.29 is 9.18 Å². The Morgan fingerprint density at radius 1 is 1.21 bits per heavy atom. The number of hydrogen-bond donors (Lipinski definition) is 0. The molecule has 0 radical (unpaired) electrons. The molecule has 0 N–H and O–H groups in total. The number of aldehydes is 1. The topological polar surface area (TPSA) is 30.0 Å². The summed E-state index contributed by atoms with van der Waals surface area (Å²) in [4.78, 5) is 15.2. The molecule has 0 aliphatic carbocycles. The van der Waals surface area contributed by atoms with Gasteiger partial charge in [-0.3, -0.25) is 4.79 Å². The maximum atomic E-state index is 13.7. The second-order valence-corrected chi connectivity index (χ2v) is 5.34. The predicted octanol–water partition coefficient (Wildman–Crippen LogP) is 3.84. The van der Waals surface area contributed by atoms with Gasteiger partial charge in [0, 0.05) is 12.0 Å². The van der Waals surface area contributed by atoms with Crippen LogP contribution >= 0.6 is 11.3 Å². The summed E-state index contributed by atoms with van der Waals surface area (Å²) in [5.41, 5.74) is 1.91. The van der Waals surface area contributed by atoms with Gasteiger partial charge in [0.25, 0.3) is 0 Å². The first-order valence-corrected chi connectivity index (χ1v) is 6.66. The molecule has 0 atom stereocenters. The molecular weight excluding hydrogens is 261 g/mol. The van der Waals surface area contributed by atoms with Crippen LogP contribution in [0.4, 0.5) is 4.39 Å². The molecule has 0 fully saturated rings. The first-order chi connectivity index (χ1) is 9.26. The molecule has 0 unspecified atom stereocenters. The molecule has 0 aliphatic rings. The van der Waals surface area contributed by atoms with Crippen molar-refractivity contribution in [2.45, 2.75) is 6.42 Å². The number of nitrogens with zero attached hydrogens (tertiary/aromatic N) is 1. The van der Waals surface area contributed by atoms with Gasteiger partial charge in [-0.25, -0.2) is 9.37 Å². The van der Waals surface area contributed by atoms with Crippen molar-refractivity contribution in [1.82, 2.24) is 4.98 Å². The Balaban J connectivity index is 1.98. The highest BCUT2D eigenvalue weighted by molar-refractivity contribution is 7.18. The number of rotatable bonds is 3. The smallest absolute Gasteiger partial charge is 0.150 e. The van der Waals surface area contributed by atoms with Crippen LogP contribution in [0, 0.1) is 5.82 Å². The van der Waals surface area contributed by atoms with Gasteiger partial charge < -0.3 is 0 Å². The number of aromatic nitrogens is 1. The summed E-state index contributed by atoms with van der Waals surface area (Å²) in [6.07, 6.45) is 1.13. The van der Waals surface area contributed by atoms with E-state index in [1.807, 2.05) is 24.3 Å². The van der Waals surface area contributed by atoms with Crippen molar-refractivity contribution in [3.63, 3.8) is 0 Å². The minimum absolute atomic E-state index is 0.301. The van der Waals surface area contributed by atoms with Gasteiger partial charge in [-0.2, -0.15) is 0 Å². The molecule has 1 aromatic heterocycles. The third-order valence-electron chi connectivity index (χ3n) is 2.89. The summed E-state index contributed by atoms with van der Waals surface area (Å²) in [6.45, 7) is 0. The molecular formula is C15H10FNOS. The van der Waals surface area contributed by atoms with E-state index in [0.29, 0.717) is 17.5 Å². The molecule has 0 bridgehead atoms. The second-order valence-electron chi connectivity index (χ2n) is 4.22.